The zero-order chi connectivity index (χ0) is 27.8. The number of hydrogen-bond acceptors (Lipinski definition) is 2. The van der Waals surface area contributed by atoms with Crippen LogP contribution >= 0.6 is 22.7 Å². The molecule has 0 atom stereocenters. The van der Waals surface area contributed by atoms with Gasteiger partial charge in [-0.1, -0.05) is 103 Å². The summed E-state index contributed by atoms with van der Waals surface area (Å²) < 4.78 is 8.06. The standard InChI is InChI=1S/C40H21NS2/c1-2-11-23-22(10-1)24-15-9-16-26-31(21-20-25(23)34(24)26)41-30-17-6-3-12-27(30)35-38(41)36-28-13-4-7-18-32(28)42-40(36)37-29-14-5-8-19-33(29)43-39(35)37/h1-21H. The molecule has 0 N–H and O–H groups in total. The van der Waals surface area contributed by atoms with Gasteiger partial charge < -0.3 is 4.57 Å². The molecule has 0 fully saturated rings. The van der Waals surface area contributed by atoms with Crippen molar-refractivity contribution in [2.75, 3.05) is 0 Å². The Morgan fingerprint density at radius 2 is 0.907 bits per heavy atom. The Morgan fingerprint density at radius 3 is 1.65 bits per heavy atom. The van der Waals surface area contributed by atoms with Gasteiger partial charge in [-0.2, -0.15) is 0 Å². The number of aromatic nitrogens is 1. The zero-order valence-corrected chi connectivity index (χ0v) is 24.5. The third-order valence-electron chi connectivity index (χ3n) is 9.52. The van der Waals surface area contributed by atoms with Gasteiger partial charge in [0.2, 0.25) is 0 Å². The molecule has 11 rings (SSSR count). The van der Waals surface area contributed by atoms with E-state index in [1.165, 1.54) is 101 Å². The van der Waals surface area contributed by atoms with E-state index < -0.39 is 0 Å². The van der Waals surface area contributed by atoms with Crippen LogP contribution < -0.4 is 0 Å². The van der Waals surface area contributed by atoms with Crippen molar-refractivity contribution in [3.63, 3.8) is 0 Å². The molecule has 0 bridgehead atoms. The molecule has 3 heteroatoms. The highest BCUT2D eigenvalue weighted by molar-refractivity contribution is 7.30. The molecule has 198 valence electrons. The van der Waals surface area contributed by atoms with E-state index in [1.54, 1.807) is 0 Å². The van der Waals surface area contributed by atoms with Gasteiger partial charge in [0.15, 0.2) is 0 Å². The predicted molar refractivity (Wildman–Crippen MR) is 188 cm³/mol. The Bertz CT molecular complexity index is 2780. The summed E-state index contributed by atoms with van der Waals surface area (Å²) in [4.78, 5) is 0. The van der Waals surface area contributed by atoms with Crippen LogP contribution in [0.3, 0.4) is 0 Å². The quantitative estimate of drug-likeness (QED) is 0.182. The van der Waals surface area contributed by atoms with E-state index in [4.69, 9.17) is 0 Å². The van der Waals surface area contributed by atoms with Crippen LogP contribution in [0, 0.1) is 0 Å². The van der Waals surface area contributed by atoms with E-state index in [-0.39, 0.29) is 0 Å². The first-order valence-electron chi connectivity index (χ1n) is 14.7. The van der Waals surface area contributed by atoms with Gasteiger partial charge in [-0.15, -0.1) is 22.7 Å². The van der Waals surface area contributed by atoms with Crippen LogP contribution in [-0.2, 0) is 0 Å². The molecule has 10 aromatic rings. The second-order valence-corrected chi connectivity index (χ2v) is 13.7. The third kappa shape index (κ3) is 2.69. The van der Waals surface area contributed by atoms with Gasteiger partial charge in [0.25, 0.3) is 0 Å². The van der Waals surface area contributed by atoms with Crippen LogP contribution in [0.15, 0.2) is 127 Å². The Labute approximate surface area is 254 Å². The molecule has 3 heterocycles. The minimum atomic E-state index is 1.25. The normalized spacial score (nSPS) is 12.7. The number of fused-ring (bicyclic) bond motifs is 15. The lowest BCUT2D eigenvalue weighted by molar-refractivity contribution is 1.21. The average molecular weight is 580 g/mol. The van der Waals surface area contributed by atoms with Crippen LogP contribution in [0.4, 0.5) is 0 Å². The van der Waals surface area contributed by atoms with Crippen molar-refractivity contribution < 1.29 is 0 Å². The first-order valence-corrected chi connectivity index (χ1v) is 16.3. The lowest BCUT2D eigenvalue weighted by Crippen LogP contribution is -1.96. The maximum atomic E-state index is 2.59. The molecule has 1 aliphatic rings. The molecule has 3 aromatic heterocycles. The third-order valence-corrected chi connectivity index (χ3v) is 11.9. The average Bonchev–Trinajstić information content (AvgIpc) is 3.80. The van der Waals surface area contributed by atoms with Crippen molar-refractivity contribution >= 4 is 95.6 Å². The zero-order valence-electron chi connectivity index (χ0n) is 22.9. The molecule has 0 unspecified atom stereocenters. The summed E-state index contributed by atoms with van der Waals surface area (Å²) in [6.07, 6.45) is 0. The van der Waals surface area contributed by atoms with Crippen LogP contribution in [0.25, 0.3) is 101 Å². The summed E-state index contributed by atoms with van der Waals surface area (Å²) in [7, 11) is 0. The summed E-state index contributed by atoms with van der Waals surface area (Å²) in [5, 5.41) is 10.8. The lowest BCUT2D eigenvalue weighted by atomic mass is 10.0. The van der Waals surface area contributed by atoms with E-state index >= 15 is 0 Å². The number of benzene rings is 7. The van der Waals surface area contributed by atoms with Crippen molar-refractivity contribution in [1.82, 2.24) is 4.57 Å². The van der Waals surface area contributed by atoms with Gasteiger partial charge in [-0.25, -0.2) is 0 Å². The summed E-state index contributed by atoms with van der Waals surface area (Å²) in [5.74, 6) is 0. The van der Waals surface area contributed by atoms with E-state index in [0.717, 1.165) is 0 Å². The molecule has 1 nitrogen and oxygen atoms in total. The van der Waals surface area contributed by atoms with Crippen molar-refractivity contribution in [3.05, 3.63) is 127 Å². The maximum Gasteiger partial charge on any atom is 0.0649 e. The monoisotopic (exact) mass is 579 g/mol. The van der Waals surface area contributed by atoms with Crippen LogP contribution in [0.5, 0.6) is 0 Å². The summed E-state index contributed by atoms with van der Waals surface area (Å²) in [6.45, 7) is 0. The van der Waals surface area contributed by atoms with E-state index in [2.05, 4.69) is 132 Å². The van der Waals surface area contributed by atoms with Gasteiger partial charge in [0.05, 0.1) is 16.7 Å². The second kappa shape index (κ2) is 7.90. The molecule has 0 saturated carbocycles. The number of nitrogens with zero attached hydrogens (tertiary/aromatic N) is 1. The highest BCUT2D eigenvalue weighted by Gasteiger charge is 2.27. The number of thiophene rings is 2. The number of hydrogen-bond donors (Lipinski definition) is 0. The van der Waals surface area contributed by atoms with Gasteiger partial charge in [-0.3, -0.25) is 0 Å². The Hall–Kier alpha value is -4.96. The molecule has 1 aliphatic carbocycles. The predicted octanol–water partition coefficient (Wildman–Crippen LogP) is 12.3. The molecule has 43 heavy (non-hydrogen) atoms. The highest BCUT2D eigenvalue weighted by atomic mass is 32.1. The Kier molecular flexibility index (Phi) is 4.15. The maximum absolute atomic E-state index is 2.59. The molecular formula is C40H21NS2. The lowest BCUT2D eigenvalue weighted by Gasteiger charge is -2.14. The largest absolute Gasteiger partial charge is 0.308 e. The second-order valence-electron chi connectivity index (χ2n) is 11.6. The Morgan fingerprint density at radius 1 is 0.372 bits per heavy atom. The van der Waals surface area contributed by atoms with Gasteiger partial charge >= 0.3 is 0 Å². The highest BCUT2D eigenvalue weighted by Crippen LogP contribution is 2.53. The van der Waals surface area contributed by atoms with Gasteiger partial charge in [-0.05, 0) is 51.9 Å². The fraction of sp³-hybridized carbons (Fsp3) is 0. The molecule has 0 amide bonds. The molecule has 0 aliphatic heterocycles. The molecule has 0 saturated heterocycles. The van der Waals surface area contributed by atoms with Crippen molar-refractivity contribution in [1.29, 1.82) is 0 Å². The summed E-state index contributed by atoms with van der Waals surface area (Å²) in [6, 6.07) is 47.4. The fourth-order valence-electron chi connectivity index (χ4n) is 7.85. The fourth-order valence-corrected chi connectivity index (χ4v) is 10.5. The van der Waals surface area contributed by atoms with Gasteiger partial charge in [0.1, 0.15) is 0 Å². The van der Waals surface area contributed by atoms with Crippen LogP contribution in [0.2, 0.25) is 0 Å². The molecule has 7 aromatic carbocycles. The van der Waals surface area contributed by atoms with Crippen molar-refractivity contribution in [2.45, 2.75) is 0 Å². The smallest absolute Gasteiger partial charge is 0.0649 e. The molecule has 0 radical (unpaired) electrons. The van der Waals surface area contributed by atoms with E-state index in [1.807, 2.05) is 22.7 Å². The Balaban J connectivity index is 1.43. The minimum absolute atomic E-state index is 1.25. The topological polar surface area (TPSA) is 4.93 Å². The van der Waals surface area contributed by atoms with Crippen molar-refractivity contribution in [3.8, 4) is 27.9 Å². The number of rotatable bonds is 1. The summed E-state index contributed by atoms with van der Waals surface area (Å²) >= 11 is 3.89. The first-order chi connectivity index (χ1) is 21.4. The van der Waals surface area contributed by atoms with Crippen LogP contribution in [0.1, 0.15) is 0 Å². The van der Waals surface area contributed by atoms with E-state index in [9.17, 15) is 0 Å². The number of para-hydroxylation sites is 1. The first kappa shape index (κ1) is 22.6. The summed E-state index contributed by atoms with van der Waals surface area (Å²) in [5.41, 5.74) is 9.17. The van der Waals surface area contributed by atoms with E-state index in [0.29, 0.717) is 0 Å². The van der Waals surface area contributed by atoms with Crippen molar-refractivity contribution in [2.24, 2.45) is 0 Å². The minimum Gasteiger partial charge on any atom is -0.308 e. The van der Waals surface area contributed by atoms with Crippen LogP contribution in [-0.4, -0.2) is 4.57 Å². The molecule has 0 spiro atoms. The molecular weight excluding hydrogens is 559 g/mol. The van der Waals surface area contributed by atoms with Gasteiger partial charge in [0, 0.05) is 56.5 Å². The SMILES string of the molecule is c1ccc2c(c1)-c1cccc3c(-n4c5ccccc5c5c6sc7ccccc7c6c6sc7ccccc7c6c54)ccc-2c13.